The lowest BCUT2D eigenvalue weighted by Crippen LogP contribution is -2.42. The van der Waals surface area contributed by atoms with Gasteiger partial charge in [0.2, 0.25) is 0 Å². The van der Waals surface area contributed by atoms with E-state index in [1.165, 1.54) is 17.5 Å². The molecule has 1 saturated heterocycles. The van der Waals surface area contributed by atoms with E-state index in [1.54, 1.807) is 0 Å². The van der Waals surface area contributed by atoms with E-state index in [0.717, 1.165) is 25.9 Å². The Morgan fingerprint density at radius 1 is 0.762 bits per heavy atom. The quantitative estimate of drug-likeness (QED) is 0.900. The van der Waals surface area contributed by atoms with Crippen LogP contribution in [-0.4, -0.2) is 25.2 Å². The zero-order valence-corrected chi connectivity index (χ0v) is 12.5. The number of nitrogens with one attached hydrogen (secondary N) is 2. The third-order valence-electron chi connectivity index (χ3n) is 4.18. The monoisotopic (exact) mass is 280 g/mol. The summed E-state index contributed by atoms with van der Waals surface area (Å²) in [5.74, 6) is 0. The predicted octanol–water partition coefficient (Wildman–Crippen LogP) is 2.79. The van der Waals surface area contributed by atoms with Crippen LogP contribution in [0.15, 0.2) is 60.7 Å². The molecule has 2 N–H and O–H groups in total. The van der Waals surface area contributed by atoms with Crippen LogP contribution in [0.4, 0.5) is 0 Å². The third kappa shape index (κ3) is 4.42. The van der Waals surface area contributed by atoms with Crippen molar-refractivity contribution in [2.24, 2.45) is 0 Å². The molecular weight excluding hydrogens is 256 g/mol. The molecule has 0 spiro atoms. The number of hydrogen-bond acceptors (Lipinski definition) is 2. The van der Waals surface area contributed by atoms with E-state index >= 15 is 0 Å². The summed E-state index contributed by atoms with van der Waals surface area (Å²) in [6, 6.07) is 22.7. The Hall–Kier alpha value is -1.64. The average Bonchev–Trinajstić information content (AvgIpc) is 2.74. The van der Waals surface area contributed by atoms with E-state index < -0.39 is 0 Å². The van der Waals surface area contributed by atoms with Gasteiger partial charge in [-0.1, -0.05) is 60.7 Å². The molecule has 0 radical (unpaired) electrons. The highest BCUT2D eigenvalue weighted by molar-refractivity contribution is 5.18. The Bertz CT molecular complexity index is 474. The highest BCUT2D eigenvalue weighted by atomic mass is 15.0. The first-order chi connectivity index (χ1) is 10.4. The molecule has 1 heterocycles. The smallest absolute Gasteiger partial charge is 0.0235 e. The van der Waals surface area contributed by atoms with Crippen LogP contribution in [0.3, 0.4) is 0 Å². The van der Waals surface area contributed by atoms with Gasteiger partial charge in [-0.2, -0.15) is 0 Å². The van der Waals surface area contributed by atoms with Crippen LogP contribution < -0.4 is 10.6 Å². The van der Waals surface area contributed by atoms with Gasteiger partial charge >= 0.3 is 0 Å². The first-order valence-electron chi connectivity index (χ1n) is 7.95. The fraction of sp³-hybridized carbons (Fsp3) is 0.368. The van der Waals surface area contributed by atoms with Crippen molar-refractivity contribution in [3.63, 3.8) is 0 Å². The molecule has 0 amide bonds. The topological polar surface area (TPSA) is 24.1 Å². The maximum atomic E-state index is 3.85. The summed E-state index contributed by atoms with van der Waals surface area (Å²) in [5.41, 5.74) is 2.84. The third-order valence-corrected chi connectivity index (χ3v) is 4.18. The average molecular weight is 280 g/mol. The minimum absolute atomic E-state index is 0.517. The minimum Gasteiger partial charge on any atom is -0.315 e. The molecule has 21 heavy (non-hydrogen) atoms. The van der Waals surface area contributed by atoms with Crippen LogP contribution in [0.5, 0.6) is 0 Å². The molecule has 2 heteroatoms. The molecule has 3 rings (SSSR count). The van der Waals surface area contributed by atoms with E-state index in [-0.39, 0.29) is 0 Å². The molecule has 0 saturated carbocycles. The Morgan fingerprint density at radius 3 is 1.95 bits per heavy atom. The SMILES string of the molecule is c1ccc(CC2CCNCC(Cc3ccccc3)N2)cc1. The van der Waals surface area contributed by atoms with Gasteiger partial charge in [0.15, 0.2) is 0 Å². The molecule has 0 aliphatic carbocycles. The maximum Gasteiger partial charge on any atom is 0.0235 e. The molecule has 2 aromatic rings. The van der Waals surface area contributed by atoms with Gasteiger partial charge in [0.05, 0.1) is 0 Å². The summed E-state index contributed by atoms with van der Waals surface area (Å²) in [7, 11) is 0. The standard InChI is InChI=1S/C19H24N2/c1-3-7-16(8-4-1)13-18-11-12-20-15-19(21-18)14-17-9-5-2-6-10-17/h1-10,18-21H,11-15H2. The Balaban J connectivity index is 1.61. The van der Waals surface area contributed by atoms with E-state index in [0.29, 0.717) is 12.1 Å². The van der Waals surface area contributed by atoms with Crippen LogP contribution >= 0.6 is 0 Å². The van der Waals surface area contributed by atoms with Crippen molar-refractivity contribution in [2.75, 3.05) is 13.1 Å². The molecule has 110 valence electrons. The Kier molecular flexibility index (Phi) is 5.03. The van der Waals surface area contributed by atoms with Crippen molar-refractivity contribution in [1.29, 1.82) is 0 Å². The molecule has 2 nitrogen and oxygen atoms in total. The zero-order chi connectivity index (χ0) is 14.3. The fourth-order valence-corrected chi connectivity index (χ4v) is 3.12. The molecule has 0 aromatic heterocycles. The van der Waals surface area contributed by atoms with Gasteiger partial charge in [-0.3, -0.25) is 0 Å². The van der Waals surface area contributed by atoms with Crippen LogP contribution in [0.25, 0.3) is 0 Å². The van der Waals surface area contributed by atoms with Crippen molar-refractivity contribution in [1.82, 2.24) is 10.6 Å². The van der Waals surface area contributed by atoms with Gasteiger partial charge in [0, 0.05) is 18.6 Å². The summed E-state index contributed by atoms with van der Waals surface area (Å²) in [6.45, 7) is 2.16. The second-order valence-corrected chi connectivity index (χ2v) is 5.93. The second kappa shape index (κ2) is 7.39. The lowest BCUT2D eigenvalue weighted by Gasteiger charge is -2.22. The molecule has 2 unspecified atom stereocenters. The molecule has 1 fully saturated rings. The molecular formula is C19H24N2. The summed E-state index contributed by atoms with van der Waals surface area (Å²) < 4.78 is 0. The largest absolute Gasteiger partial charge is 0.315 e. The van der Waals surface area contributed by atoms with Crippen molar-refractivity contribution in [2.45, 2.75) is 31.3 Å². The summed E-state index contributed by atoms with van der Waals surface area (Å²) >= 11 is 0. The molecule has 2 atom stereocenters. The van der Waals surface area contributed by atoms with Crippen LogP contribution in [0, 0.1) is 0 Å². The normalized spacial score (nSPS) is 22.7. The molecule has 1 aliphatic rings. The lowest BCUT2D eigenvalue weighted by molar-refractivity contribution is 0.438. The van der Waals surface area contributed by atoms with Crippen LogP contribution in [0.2, 0.25) is 0 Å². The van der Waals surface area contributed by atoms with Crippen molar-refractivity contribution < 1.29 is 0 Å². The van der Waals surface area contributed by atoms with E-state index in [1.807, 2.05) is 0 Å². The first kappa shape index (κ1) is 14.3. The van der Waals surface area contributed by atoms with Crippen molar-refractivity contribution >= 4 is 0 Å². The lowest BCUT2D eigenvalue weighted by atomic mass is 10.0. The van der Waals surface area contributed by atoms with E-state index in [2.05, 4.69) is 71.3 Å². The van der Waals surface area contributed by atoms with Crippen molar-refractivity contribution in [3.05, 3.63) is 71.8 Å². The Labute approximate surface area is 127 Å². The van der Waals surface area contributed by atoms with Gasteiger partial charge in [-0.25, -0.2) is 0 Å². The molecule has 2 aromatic carbocycles. The van der Waals surface area contributed by atoms with Gasteiger partial charge in [0.1, 0.15) is 0 Å². The fourth-order valence-electron chi connectivity index (χ4n) is 3.12. The van der Waals surface area contributed by atoms with Crippen molar-refractivity contribution in [3.8, 4) is 0 Å². The highest BCUT2D eigenvalue weighted by Crippen LogP contribution is 2.10. The van der Waals surface area contributed by atoms with Gasteiger partial charge in [-0.15, -0.1) is 0 Å². The zero-order valence-electron chi connectivity index (χ0n) is 12.5. The summed E-state index contributed by atoms with van der Waals surface area (Å²) in [4.78, 5) is 0. The van der Waals surface area contributed by atoms with E-state index in [9.17, 15) is 0 Å². The Morgan fingerprint density at radius 2 is 1.33 bits per heavy atom. The van der Waals surface area contributed by atoms with Gasteiger partial charge in [-0.05, 0) is 36.9 Å². The summed E-state index contributed by atoms with van der Waals surface area (Å²) in [5, 5.41) is 7.42. The molecule has 1 aliphatic heterocycles. The number of benzene rings is 2. The second-order valence-electron chi connectivity index (χ2n) is 5.93. The predicted molar refractivity (Wildman–Crippen MR) is 88.5 cm³/mol. The summed E-state index contributed by atoms with van der Waals surface area (Å²) in [6.07, 6.45) is 3.41. The van der Waals surface area contributed by atoms with E-state index in [4.69, 9.17) is 0 Å². The molecule has 0 bridgehead atoms. The van der Waals surface area contributed by atoms with Crippen LogP contribution in [-0.2, 0) is 12.8 Å². The maximum absolute atomic E-state index is 3.85. The minimum atomic E-state index is 0.517. The first-order valence-corrected chi connectivity index (χ1v) is 7.95. The highest BCUT2D eigenvalue weighted by Gasteiger charge is 2.19. The van der Waals surface area contributed by atoms with Crippen LogP contribution in [0.1, 0.15) is 17.5 Å². The number of hydrogen-bond donors (Lipinski definition) is 2. The van der Waals surface area contributed by atoms with Gasteiger partial charge in [0.25, 0.3) is 0 Å². The van der Waals surface area contributed by atoms with Gasteiger partial charge < -0.3 is 10.6 Å². The number of rotatable bonds is 4.